The van der Waals surface area contributed by atoms with E-state index < -0.39 is 13.9 Å². The van der Waals surface area contributed by atoms with E-state index in [1.54, 1.807) is 18.7 Å². The number of imidazole rings is 1. The average Bonchev–Trinajstić information content (AvgIpc) is 2.97. The summed E-state index contributed by atoms with van der Waals surface area (Å²) < 4.78 is 18.9. The van der Waals surface area contributed by atoms with Crippen LogP contribution in [0.15, 0.2) is 15.9 Å². The molecule has 0 aliphatic heterocycles. The fourth-order valence-corrected chi connectivity index (χ4v) is 2.39. The SMILES string of the molecule is CCCC.Cn1cnc2c1c(=O)n(CCCCO[P+](=O)O)c(=O)n2C. The van der Waals surface area contributed by atoms with Crippen LogP contribution in [0, 0.1) is 0 Å². The molecule has 10 heteroatoms. The number of unbranched alkanes of at least 4 members (excludes halogenated alkanes) is 2. The number of rotatable bonds is 7. The van der Waals surface area contributed by atoms with Crippen molar-refractivity contribution in [2.24, 2.45) is 14.1 Å². The van der Waals surface area contributed by atoms with Gasteiger partial charge < -0.3 is 4.57 Å². The van der Waals surface area contributed by atoms with Crippen molar-refractivity contribution in [1.82, 2.24) is 18.7 Å². The lowest BCUT2D eigenvalue weighted by atomic mass is 10.3. The first-order chi connectivity index (χ1) is 11.8. The van der Waals surface area contributed by atoms with Gasteiger partial charge in [0.2, 0.25) is 0 Å². The molecule has 2 aromatic rings. The van der Waals surface area contributed by atoms with E-state index in [0.29, 0.717) is 24.0 Å². The lowest BCUT2D eigenvalue weighted by molar-refractivity contribution is 0.272. The molecule has 0 amide bonds. The van der Waals surface area contributed by atoms with Crippen molar-refractivity contribution in [2.45, 2.75) is 46.1 Å². The van der Waals surface area contributed by atoms with Gasteiger partial charge in [0.1, 0.15) is 6.61 Å². The zero-order valence-corrected chi connectivity index (χ0v) is 16.0. The molecular weight excluding hydrogens is 347 g/mol. The number of hydrogen-bond donors (Lipinski definition) is 1. The molecule has 0 fully saturated rings. The number of nitrogens with zero attached hydrogens (tertiary/aromatic N) is 4. The summed E-state index contributed by atoms with van der Waals surface area (Å²) in [6, 6.07) is 0. The molecule has 1 atom stereocenters. The Morgan fingerprint density at radius 2 is 1.84 bits per heavy atom. The second-order valence-corrected chi connectivity index (χ2v) is 6.34. The standard InChI is InChI=1S/C11H15N4O5P.C4H10/c1-13-7-12-9-8(13)10(16)15(11(17)14(9)2)5-3-4-6-20-21(18)19;1-3-4-2/h7H,3-6H2,1-2H3;3-4H2,1-2H3/p+1. The van der Waals surface area contributed by atoms with Crippen LogP contribution in [0.3, 0.4) is 0 Å². The normalized spacial score (nSPS) is 11.3. The van der Waals surface area contributed by atoms with Crippen molar-refractivity contribution >= 4 is 19.4 Å². The Balaban J connectivity index is 0.000000705. The highest BCUT2D eigenvalue weighted by Gasteiger charge is 2.15. The molecule has 2 rings (SSSR count). The summed E-state index contributed by atoms with van der Waals surface area (Å²) in [5, 5.41) is 0. The number of aryl methyl sites for hydroxylation is 2. The van der Waals surface area contributed by atoms with Gasteiger partial charge in [-0.25, -0.2) is 9.78 Å². The summed E-state index contributed by atoms with van der Waals surface area (Å²) in [7, 11) is 0.648. The van der Waals surface area contributed by atoms with Gasteiger partial charge in [-0.3, -0.25) is 13.9 Å². The van der Waals surface area contributed by atoms with Gasteiger partial charge in [-0.15, -0.1) is 9.42 Å². The molecule has 0 radical (unpaired) electrons. The minimum Gasteiger partial charge on any atom is -0.328 e. The Morgan fingerprint density at radius 3 is 2.40 bits per heavy atom. The van der Waals surface area contributed by atoms with E-state index in [9.17, 15) is 14.2 Å². The largest absolute Gasteiger partial charge is 0.694 e. The summed E-state index contributed by atoms with van der Waals surface area (Å²) in [4.78, 5) is 37.0. The molecule has 25 heavy (non-hydrogen) atoms. The second kappa shape index (κ2) is 10.2. The maximum Gasteiger partial charge on any atom is 0.694 e. The molecule has 1 unspecified atom stereocenters. The van der Waals surface area contributed by atoms with Crippen LogP contribution >= 0.6 is 8.25 Å². The lowest BCUT2D eigenvalue weighted by Gasteiger charge is -2.07. The molecule has 0 bridgehead atoms. The minimum absolute atomic E-state index is 0.106. The van der Waals surface area contributed by atoms with E-state index in [2.05, 4.69) is 23.4 Å². The summed E-state index contributed by atoms with van der Waals surface area (Å²) in [6.07, 6.45) is 5.09. The maximum absolute atomic E-state index is 12.3. The first-order valence-electron chi connectivity index (χ1n) is 8.24. The molecule has 0 spiro atoms. The minimum atomic E-state index is -2.61. The van der Waals surface area contributed by atoms with Crippen LogP contribution < -0.4 is 11.2 Å². The van der Waals surface area contributed by atoms with Crippen LogP contribution in [0.25, 0.3) is 11.2 Å². The summed E-state index contributed by atoms with van der Waals surface area (Å²) in [5.74, 6) is 0. The summed E-state index contributed by atoms with van der Waals surface area (Å²) in [5.41, 5.74) is -0.0984. The van der Waals surface area contributed by atoms with Crippen molar-refractivity contribution in [3.63, 3.8) is 0 Å². The van der Waals surface area contributed by atoms with Crippen LogP contribution in [0.4, 0.5) is 0 Å². The first-order valence-corrected chi connectivity index (χ1v) is 9.38. The van der Waals surface area contributed by atoms with Gasteiger partial charge in [0.25, 0.3) is 5.56 Å². The average molecular weight is 373 g/mol. The Morgan fingerprint density at radius 1 is 1.20 bits per heavy atom. The van der Waals surface area contributed by atoms with Gasteiger partial charge in [-0.05, 0) is 12.8 Å². The Kier molecular flexibility index (Phi) is 8.68. The van der Waals surface area contributed by atoms with Crippen LogP contribution in [0.2, 0.25) is 0 Å². The zero-order valence-electron chi connectivity index (χ0n) is 15.1. The van der Waals surface area contributed by atoms with Gasteiger partial charge >= 0.3 is 13.9 Å². The lowest BCUT2D eigenvalue weighted by Crippen LogP contribution is -2.39. The fourth-order valence-electron chi connectivity index (χ4n) is 2.11. The quantitative estimate of drug-likeness (QED) is 0.584. The number of hydrogen-bond acceptors (Lipinski definition) is 5. The molecule has 0 saturated carbocycles. The fraction of sp³-hybridized carbons (Fsp3) is 0.667. The van der Waals surface area contributed by atoms with E-state index in [1.807, 2.05) is 0 Å². The second-order valence-electron chi connectivity index (χ2n) is 5.60. The smallest absolute Gasteiger partial charge is 0.328 e. The molecule has 9 nitrogen and oxygen atoms in total. The van der Waals surface area contributed by atoms with Crippen LogP contribution in [-0.4, -0.2) is 30.2 Å². The van der Waals surface area contributed by atoms with E-state index in [-0.39, 0.29) is 18.7 Å². The Labute approximate surface area is 146 Å². The van der Waals surface area contributed by atoms with Gasteiger partial charge in [0.05, 0.1) is 6.33 Å². The molecule has 0 saturated heterocycles. The Hall–Kier alpha value is -1.83. The van der Waals surface area contributed by atoms with Crippen molar-refractivity contribution in [2.75, 3.05) is 6.61 Å². The van der Waals surface area contributed by atoms with Gasteiger partial charge in [-0.2, -0.15) is 0 Å². The van der Waals surface area contributed by atoms with Crippen molar-refractivity contribution < 1.29 is 14.0 Å². The van der Waals surface area contributed by atoms with Crippen LogP contribution in [0.1, 0.15) is 39.5 Å². The number of aromatic nitrogens is 4. The molecular formula is C15H26N4O5P+. The third-order valence-electron chi connectivity index (χ3n) is 3.68. The molecule has 0 aromatic carbocycles. The zero-order chi connectivity index (χ0) is 19.0. The maximum atomic E-state index is 12.3. The highest BCUT2D eigenvalue weighted by Crippen LogP contribution is 2.14. The highest BCUT2D eigenvalue weighted by atomic mass is 31.1. The van der Waals surface area contributed by atoms with Crippen molar-refractivity contribution in [1.29, 1.82) is 0 Å². The van der Waals surface area contributed by atoms with E-state index in [4.69, 9.17) is 4.89 Å². The van der Waals surface area contributed by atoms with Crippen LogP contribution in [-0.2, 0) is 29.7 Å². The molecule has 1 N–H and O–H groups in total. The molecule has 140 valence electrons. The van der Waals surface area contributed by atoms with Crippen molar-refractivity contribution in [3.8, 4) is 0 Å². The third-order valence-corrected chi connectivity index (χ3v) is 4.08. The monoisotopic (exact) mass is 373 g/mol. The molecule has 2 heterocycles. The van der Waals surface area contributed by atoms with Gasteiger partial charge in [0, 0.05) is 25.2 Å². The first kappa shape index (κ1) is 21.2. The molecule has 0 aliphatic carbocycles. The van der Waals surface area contributed by atoms with E-state index in [1.165, 1.54) is 23.7 Å². The van der Waals surface area contributed by atoms with Crippen LogP contribution in [0.5, 0.6) is 0 Å². The number of fused-ring (bicyclic) bond motifs is 1. The summed E-state index contributed by atoms with van der Waals surface area (Å²) >= 11 is 0. The Bertz CT molecular complexity index is 822. The van der Waals surface area contributed by atoms with Crippen molar-refractivity contribution in [3.05, 3.63) is 27.2 Å². The van der Waals surface area contributed by atoms with E-state index >= 15 is 0 Å². The van der Waals surface area contributed by atoms with E-state index in [0.717, 1.165) is 4.57 Å². The highest BCUT2D eigenvalue weighted by molar-refractivity contribution is 7.32. The summed E-state index contributed by atoms with van der Waals surface area (Å²) in [6.45, 7) is 4.69. The van der Waals surface area contributed by atoms with Gasteiger partial charge in [-0.1, -0.05) is 26.7 Å². The predicted octanol–water partition coefficient (Wildman–Crippen LogP) is 1.69. The third kappa shape index (κ3) is 5.59. The molecule has 2 aromatic heterocycles. The topological polar surface area (TPSA) is 108 Å². The van der Waals surface area contributed by atoms with Gasteiger partial charge in [0.15, 0.2) is 11.2 Å². The molecule has 0 aliphatic rings. The predicted molar refractivity (Wildman–Crippen MR) is 95.8 cm³/mol.